The summed E-state index contributed by atoms with van der Waals surface area (Å²) in [6.07, 6.45) is 2.06. The molecule has 8 nitrogen and oxygen atoms in total. The molecule has 0 saturated carbocycles. The number of fused-ring (bicyclic) bond motifs is 1. The van der Waals surface area contributed by atoms with Crippen molar-refractivity contribution >= 4 is 23.7 Å². The fraction of sp³-hybridized carbons (Fsp3) is 0.545. The van der Waals surface area contributed by atoms with Crippen LogP contribution in [-0.4, -0.2) is 54.2 Å². The third-order valence-corrected chi connectivity index (χ3v) is 5.27. The zero-order valence-corrected chi connectivity index (χ0v) is 17.5. The number of aliphatic hydroxyl groups excluding tert-OH is 1. The van der Waals surface area contributed by atoms with E-state index < -0.39 is 36.7 Å². The Morgan fingerprint density at radius 3 is 2.60 bits per heavy atom. The van der Waals surface area contributed by atoms with Gasteiger partial charge >= 0.3 is 17.9 Å². The summed E-state index contributed by atoms with van der Waals surface area (Å²) in [5, 5.41) is 9.65. The van der Waals surface area contributed by atoms with Crippen LogP contribution in [0.1, 0.15) is 40.0 Å². The van der Waals surface area contributed by atoms with Crippen LogP contribution in [0.5, 0.6) is 0 Å². The molecule has 1 aliphatic heterocycles. The van der Waals surface area contributed by atoms with E-state index >= 15 is 0 Å². The molecule has 0 aromatic heterocycles. The van der Waals surface area contributed by atoms with Crippen LogP contribution in [0.25, 0.3) is 0 Å². The average molecular weight is 420 g/mol. The van der Waals surface area contributed by atoms with Gasteiger partial charge in [-0.15, -0.1) is 0 Å². The molecule has 1 fully saturated rings. The van der Waals surface area contributed by atoms with E-state index in [9.17, 15) is 24.3 Å². The minimum atomic E-state index is -0.848. The van der Waals surface area contributed by atoms with Gasteiger partial charge in [-0.1, -0.05) is 20.4 Å². The molecule has 0 spiro atoms. The summed E-state index contributed by atoms with van der Waals surface area (Å²) in [5.74, 6) is -2.78. The molecular formula is C22H28O8. The van der Waals surface area contributed by atoms with E-state index in [2.05, 4.69) is 6.58 Å². The lowest BCUT2D eigenvalue weighted by molar-refractivity contribution is -0.148. The van der Waals surface area contributed by atoms with Gasteiger partial charge in [-0.05, 0) is 24.1 Å². The van der Waals surface area contributed by atoms with E-state index in [1.165, 1.54) is 13.0 Å². The van der Waals surface area contributed by atoms with Crippen LogP contribution in [0, 0.1) is 11.8 Å². The number of carbonyl (C=O) groups is 4. The molecule has 30 heavy (non-hydrogen) atoms. The van der Waals surface area contributed by atoms with Crippen molar-refractivity contribution in [1.29, 1.82) is 0 Å². The summed E-state index contributed by atoms with van der Waals surface area (Å²) in [6.45, 7) is 7.97. The predicted molar refractivity (Wildman–Crippen MR) is 106 cm³/mol. The summed E-state index contributed by atoms with van der Waals surface area (Å²) in [6, 6.07) is 0. The fourth-order valence-corrected chi connectivity index (χ4v) is 3.30. The highest BCUT2D eigenvalue weighted by atomic mass is 16.6. The van der Waals surface area contributed by atoms with Crippen molar-refractivity contribution in [3.63, 3.8) is 0 Å². The Morgan fingerprint density at radius 2 is 2.00 bits per heavy atom. The molecule has 2 aliphatic rings. The third kappa shape index (κ3) is 5.89. The Labute approximate surface area is 175 Å². The zero-order chi connectivity index (χ0) is 22.4. The Bertz CT molecular complexity index is 791. The van der Waals surface area contributed by atoms with Crippen LogP contribution < -0.4 is 0 Å². The molecule has 164 valence electrons. The lowest BCUT2D eigenvalue weighted by Gasteiger charge is -2.22. The molecule has 0 aromatic carbocycles. The highest BCUT2D eigenvalue weighted by Gasteiger charge is 2.40. The average Bonchev–Trinajstić information content (AvgIpc) is 2.95. The molecule has 2 rings (SSSR count). The van der Waals surface area contributed by atoms with Crippen molar-refractivity contribution in [3.05, 3.63) is 35.5 Å². The number of carbonyl (C=O) groups excluding carboxylic acids is 4. The number of Topliss-reactive ketones (excluding diaryl/α,β-unsaturated/α-hetero) is 1. The Morgan fingerprint density at radius 1 is 1.30 bits per heavy atom. The minimum absolute atomic E-state index is 0.0741. The number of rotatable bonds is 6. The third-order valence-electron chi connectivity index (χ3n) is 5.27. The maximum atomic E-state index is 12.6. The van der Waals surface area contributed by atoms with Gasteiger partial charge in [0.25, 0.3) is 0 Å². The molecule has 0 bridgehead atoms. The molecule has 1 heterocycles. The van der Waals surface area contributed by atoms with E-state index in [0.717, 1.165) is 0 Å². The molecule has 0 aromatic rings. The van der Waals surface area contributed by atoms with Crippen molar-refractivity contribution in [3.8, 4) is 0 Å². The van der Waals surface area contributed by atoms with E-state index in [4.69, 9.17) is 14.2 Å². The maximum absolute atomic E-state index is 12.6. The number of hydrogen-bond acceptors (Lipinski definition) is 8. The second kappa shape index (κ2) is 10.3. The number of aliphatic hydroxyl groups is 1. The van der Waals surface area contributed by atoms with Gasteiger partial charge in [-0.25, -0.2) is 4.79 Å². The topological polar surface area (TPSA) is 116 Å². The highest BCUT2D eigenvalue weighted by Crippen LogP contribution is 2.33. The van der Waals surface area contributed by atoms with Gasteiger partial charge < -0.3 is 19.3 Å². The van der Waals surface area contributed by atoms with E-state index in [-0.39, 0.29) is 48.3 Å². The molecule has 1 saturated heterocycles. The molecular weight excluding hydrogens is 392 g/mol. The quantitative estimate of drug-likeness (QED) is 0.299. The van der Waals surface area contributed by atoms with Crippen molar-refractivity contribution in [2.75, 3.05) is 13.2 Å². The maximum Gasteiger partial charge on any atom is 0.334 e. The van der Waals surface area contributed by atoms with Crippen LogP contribution in [0.15, 0.2) is 35.5 Å². The number of hydrogen-bond donors (Lipinski definition) is 1. The Kier molecular flexibility index (Phi) is 8.11. The predicted octanol–water partition coefficient (Wildman–Crippen LogP) is 1.81. The van der Waals surface area contributed by atoms with Crippen molar-refractivity contribution < 1.29 is 38.5 Å². The molecule has 1 N–H and O–H groups in total. The largest absolute Gasteiger partial charge is 0.461 e. The van der Waals surface area contributed by atoms with Gasteiger partial charge in [0.2, 0.25) is 0 Å². The summed E-state index contributed by atoms with van der Waals surface area (Å²) < 4.78 is 16.0. The van der Waals surface area contributed by atoms with Crippen LogP contribution >= 0.6 is 0 Å². The first kappa shape index (κ1) is 23.5. The Hall–Kier alpha value is -2.74. The molecule has 0 amide bonds. The number of ketones is 1. The number of esters is 3. The first-order valence-electron chi connectivity index (χ1n) is 9.94. The van der Waals surface area contributed by atoms with E-state index in [0.29, 0.717) is 12.0 Å². The molecule has 1 aliphatic carbocycles. The van der Waals surface area contributed by atoms with Crippen LogP contribution in [0.3, 0.4) is 0 Å². The van der Waals surface area contributed by atoms with Crippen molar-refractivity contribution in [2.24, 2.45) is 11.8 Å². The summed E-state index contributed by atoms with van der Waals surface area (Å²) in [7, 11) is 0. The van der Waals surface area contributed by atoms with E-state index in [1.54, 1.807) is 13.0 Å². The SMILES string of the molecule is C=C1C(=O)O[C@@H]2C=C(COC(=O)C(C)CC)C[C@H](OC(C)=O)/C=C(\CO)C(=O)C[C@@H]12. The van der Waals surface area contributed by atoms with Crippen molar-refractivity contribution in [2.45, 2.75) is 52.2 Å². The summed E-state index contributed by atoms with van der Waals surface area (Å²) in [4.78, 5) is 48.3. The van der Waals surface area contributed by atoms with Crippen molar-refractivity contribution in [1.82, 2.24) is 0 Å². The fourth-order valence-electron chi connectivity index (χ4n) is 3.30. The first-order chi connectivity index (χ1) is 14.2. The van der Waals surface area contributed by atoms with Gasteiger partial charge in [-0.2, -0.15) is 0 Å². The summed E-state index contributed by atoms with van der Waals surface area (Å²) >= 11 is 0. The Balaban J connectivity index is 2.39. The molecule has 8 heteroatoms. The van der Waals surface area contributed by atoms with E-state index in [1.807, 2.05) is 6.92 Å². The zero-order valence-electron chi connectivity index (χ0n) is 17.5. The normalized spacial score (nSPS) is 27.2. The second-order valence-electron chi connectivity index (χ2n) is 7.57. The molecule has 4 atom stereocenters. The van der Waals surface area contributed by atoms with Crippen LogP contribution in [0.2, 0.25) is 0 Å². The van der Waals surface area contributed by atoms with Gasteiger partial charge in [0.15, 0.2) is 5.78 Å². The van der Waals surface area contributed by atoms with Gasteiger partial charge in [0.1, 0.15) is 18.8 Å². The molecule has 1 unspecified atom stereocenters. The standard InChI is InChI=1S/C22H28O8/c1-5-12(2)21(26)28-11-15-6-17(29-14(4)24)8-16(10-23)19(25)9-18-13(3)22(27)30-20(18)7-15/h7-8,12,17-18,20,23H,3,5-6,9-11H2,1-2,4H3/b15-7?,16-8+/t12?,17-,18-,20+/m0/s1. The lowest BCUT2D eigenvalue weighted by Crippen LogP contribution is -2.26. The van der Waals surface area contributed by atoms with Gasteiger partial charge in [0, 0.05) is 36.8 Å². The van der Waals surface area contributed by atoms with Crippen LogP contribution in [-0.2, 0) is 33.4 Å². The molecule has 0 radical (unpaired) electrons. The van der Waals surface area contributed by atoms with Gasteiger partial charge in [0.05, 0.1) is 12.5 Å². The lowest BCUT2D eigenvalue weighted by atomic mass is 9.86. The second-order valence-corrected chi connectivity index (χ2v) is 7.57. The minimum Gasteiger partial charge on any atom is -0.461 e. The van der Waals surface area contributed by atoms with Gasteiger partial charge in [-0.3, -0.25) is 14.4 Å². The monoisotopic (exact) mass is 420 g/mol. The smallest absolute Gasteiger partial charge is 0.334 e. The highest BCUT2D eigenvalue weighted by molar-refractivity contribution is 5.98. The van der Waals surface area contributed by atoms with Crippen LogP contribution in [0.4, 0.5) is 0 Å². The first-order valence-corrected chi connectivity index (χ1v) is 9.94. The summed E-state index contributed by atoms with van der Waals surface area (Å²) in [5.41, 5.74) is 0.818. The number of ether oxygens (including phenoxy) is 3.